The molecular formula is C14H16ClF2N3OS. The number of hydrogen-bond acceptors (Lipinski definition) is 4. The van der Waals surface area contributed by atoms with Gasteiger partial charge in [-0.3, -0.25) is 4.79 Å². The van der Waals surface area contributed by atoms with Gasteiger partial charge in [-0.25, -0.2) is 13.8 Å². The van der Waals surface area contributed by atoms with Crippen LogP contribution in [0.15, 0.2) is 24.4 Å². The van der Waals surface area contributed by atoms with E-state index in [1.807, 2.05) is 0 Å². The molecule has 1 amide bonds. The second-order valence-corrected chi connectivity index (χ2v) is 5.79. The first-order valence-electron chi connectivity index (χ1n) is 6.39. The summed E-state index contributed by atoms with van der Waals surface area (Å²) >= 11 is 1.25. The number of hydrogen-bond donors (Lipinski definition) is 2. The summed E-state index contributed by atoms with van der Waals surface area (Å²) in [4.78, 5) is 16.5. The number of carbonyl (C=O) groups excluding carboxylic acids is 1. The van der Waals surface area contributed by atoms with Gasteiger partial charge < -0.3 is 11.1 Å². The number of carbonyl (C=O) groups is 1. The highest BCUT2D eigenvalue weighted by Crippen LogP contribution is 2.23. The van der Waals surface area contributed by atoms with Crippen LogP contribution in [0.2, 0.25) is 0 Å². The molecule has 1 aromatic heterocycles. The Kier molecular flexibility index (Phi) is 6.86. The van der Waals surface area contributed by atoms with Crippen molar-refractivity contribution in [2.24, 2.45) is 11.7 Å². The van der Waals surface area contributed by atoms with Gasteiger partial charge in [-0.1, -0.05) is 13.0 Å². The highest BCUT2D eigenvalue weighted by molar-refractivity contribution is 7.15. The number of nitrogens with zero attached hydrogens (tertiary/aromatic N) is 1. The molecule has 1 aromatic carbocycles. The quantitative estimate of drug-likeness (QED) is 0.873. The van der Waals surface area contributed by atoms with Crippen LogP contribution in [0.1, 0.15) is 17.4 Å². The molecular weight excluding hydrogens is 332 g/mol. The first kappa shape index (κ1) is 18.5. The molecule has 0 saturated heterocycles. The first-order valence-corrected chi connectivity index (χ1v) is 7.20. The Morgan fingerprint density at radius 2 is 2.18 bits per heavy atom. The van der Waals surface area contributed by atoms with Crippen molar-refractivity contribution in [2.75, 3.05) is 11.9 Å². The van der Waals surface area contributed by atoms with Gasteiger partial charge in [0.2, 0.25) is 5.91 Å². The molecule has 1 unspecified atom stereocenters. The molecule has 0 saturated carbocycles. The maximum atomic E-state index is 13.6. The molecule has 3 N–H and O–H groups in total. The summed E-state index contributed by atoms with van der Waals surface area (Å²) < 4.78 is 26.4. The van der Waals surface area contributed by atoms with Gasteiger partial charge >= 0.3 is 0 Å². The van der Waals surface area contributed by atoms with Crippen molar-refractivity contribution in [1.82, 2.24) is 4.98 Å². The molecule has 4 nitrogen and oxygen atoms in total. The molecule has 1 atom stereocenters. The van der Waals surface area contributed by atoms with Crippen LogP contribution in [-0.2, 0) is 11.2 Å². The highest BCUT2D eigenvalue weighted by atomic mass is 35.5. The molecule has 0 radical (unpaired) electrons. The molecule has 0 aliphatic carbocycles. The van der Waals surface area contributed by atoms with Gasteiger partial charge in [0.15, 0.2) is 5.13 Å². The molecule has 1 heterocycles. The summed E-state index contributed by atoms with van der Waals surface area (Å²) in [7, 11) is 0. The predicted octanol–water partition coefficient (Wildman–Crippen LogP) is 2.97. The van der Waals surface area contributed by atoms with Crippen LogP contribution in [0.3, 0.4) is 0 Å². The lowest BCUT2D eigenvalue weighted by Gasteiger charge is -2.06. The predicted molar refractivity (Wildman–Crippen MR) is 85.4 cm³/mol. The zero-order valence-corrected chi connectivity index (χ0v) is 13.4. The van der Waals surface area contributed by atoms with Crippen LogP contribution in [0, 0.1) is 17.6 Å². The molecule has 0 spiro atoms. The zero-order chi connectivity index (χ0) is 15.4. The normalized spacial score (nSPS) is 11.6. The van der Waals surface area contributed by atoms with Crippen molar-refractivity contribution < 1.29 is 13.6 Å². The summed E-state index contributed by atoms with van der Waals surface area (Å²) in [6.45, 7) is 1.97. The van der Waals surface area contributed by atoms with Crippen molar-refractivity contribution in [1.29, 1.82) is 0 Å². The Bertz CT molecular complexity index is 651. The van der Waals surface area contributed by atoms with Gasteiger partial charge in [0, 0.05) is 36.0 Å². The minimum Gasteiger partial charge on any atom is -0.330 e. The summed E-state index contributed by atoms with van der Waals surface area (Å²) in [5, 5.41) is 3.10. The Hall–Kier alpha value is -1.57. The zero-order valence-electron chi connectivity index (χ0n) is 11.8. The molecule has 120 valence electrons. The van der Waals surface area contributed by atoms with Crippen molar-refractivity contribution in [3.8, 4) is 0 Å². The number of anilines is 1. The molecule has 2 rings (SSSR count). The first-order chi connectivity index (χ1) is 9.99. The monoisotopic (exact) mass is 347 g/mol. The van der Waals surface area contributed by atoms with E-state index in [4.69, 9.17) is 5.73 Å². The average Bonchev–Trinajstić information content (AvgIpc) is 2.88. The maximum Gasteiger partial charge on any atom is 0.230 e. The Labute approximate surface area is 137 Å². The molecule has 2 aromatic rings. The Morgan fingerprint density at radius 1 is 1.45 bits per heavy atom. The molecule has 0 aliphatic rings. The number of nitrogens with one attached hydrogen (secondary N) is 1. The number of amides is 1. The third-order valence-electron chi connectivity index (χ3n) is 2.96. The minimum absolute atomic E-state index is 0. The second kappa shape index (κ2) is 8.17. The maximum absolute atomic E-state index is 13.6. The van der Waals surface area contributed by atoms with Crippen molar-refractivity contribution in [2.45, 2.75) is 13.3 Å². The lowest BCUT2D eigenvalue weighted by molar-refractivity contribution is -0.119. The van der Waals surface area contributed by atoms with E-state index in [1.165, 1.54) is 23.5 Å². The molecule has 0 bridgehead atoms. The SMILES string of the molecule is CC(CN)C(=O)Nc1ncc(Cc2ccc(F)cc2F)s1.Cl. The summed E-state index contributed by atoms with van der Waals surface area (Å²) in [5.74, 6) is -1.70. The lowest BCUT2D eigenvalue weighted by atomic mass is 10.1. The third kappa shape index (κ3) is 4.72. The van der Waals surface area contributed by atoms with Crippen LogP contribution in [-0.4, -0.2) is 17.4 Å². The number of halogens is 3. The number of aromatic nitrogens is 1. The van der Waals surface area contributed by atoms with E-state index in [-0.39, 0.29) is 30.8 Å². The van der Waals surface area contributed by atoms with Crippen molar-refractivity contribution in [3.63, 3.8) is 0 Å². The van der Waals surface area contributed by atoms with Crippen molar-refractivity contribution >= 4 is 34.8 Å². The number of thiazole rings is 1. The van der Waals surface area contributed by atoms with Gasteiger partial charge in [-0.15, -0.1) is 23.7 Å². The Morgan fingerprint density at radius 3 is 2.82 bits per heavy atom. The van der Waals surface area contributed by atoms with Crippen LogP contribution in [0.4, 0.5) is 13.9 Å². The Balaban J connectivity index is 0.00000242. The van der Waals surface area contributed by atoms with E-state index >= 15 is 0 Å². The van der Waals surface area contributed by atoms with Gasteiger partial charge in [0.25, 0.3) is 0 Å². The third-order valence-corrected chi connectivity index (χ3v) is 3.88. The van der Waals surface area contributed by atoms with Gasteiger partial charge in [-0.2, -0.15) is 0 Å². The fraction of sp³-hybridized carbons (Fsp3) is 0.286. The fourth-order valence-electron chi connectivity index (χ4n) is 1.64. The summed E-state index contributed by atoms with van der Waals surface area (Å²) in [6, 6.07) is 3.46. The van der Waals surface area contributed by atoms with E-state index in [0.717, 1.165) is 10.9 Å². The smallest absolute Gasteiger partial charge is 0.230 e. The molecule has 0 aliphatic heterocycles. The van der Waals surface area contributed by atoms with Crippen LogP contribution < -0.4 is 11.1 Å². The molecule has 8 heteroatoms. The number of rotatable bonds is 5. The van der Waals surface area contributed by atoms with E-state index < -0.39 is 11.6 Å². The second-order valence-electron chi connectivity index (χ2n) is 4.67. The van der Waals surface area contributed by atoms with E-state index in [9.17, 15) is 13.6 Å². The van der Waals surface area contributed by atoms with Crippen LogP contribution in [0.25, 0.3) is 0 Å². The van der Waals surface area contributed by atoms with E-state index in [1.54, 1.807) is 13.1 Å². The highest BCUT2D eigenvalue weighted by Gasteiger charge is 2.13. The largest absolute Gasteiger partial charge is 0.330 e. The molecule has 22 heavy (non-hydrogen) atoms. The standard InChI is InChI=1S/C14H15F2N3OS.ClH/c1-8(6-17)13(20)19-14-18-7-11(21-14)4-9-2-3-10(15)5-12(9)16;/h2-3,5,7-8H,4,6,17H2,1H3,(H,18,19,20);1H. The van der Waals surface area contributed by atoms with Gasteiger partial charge in [-0.05, 0) is 11.6 Å². The van der Waals surface area contributed by atoms with E-state index in [2.05, 4.69) is 10.3 Å². The van der Waals surface area contributed by atoms with Crippen molar-refractivity contribution in [3.05, 3.63) is 46.5 Å². The summed E-state index contributed by atoms with van der Waals surface area (Å²) in [6.07, 6.45) is 1.86. The lowest BCUT2D eigenvalue weighted by Crippen LogP contribution is -2.26. The van der Waals surface area contributed by atoms with Crippen LogP contribution >= 0.6 is 23.7 Å². The summed E-state index contributed by atoms with van der Waals surface area (Å²) in [5.41, 5.74) is 5.80. The van der Waals surface area contributed by atoms with E-state index in [0.29, 0.717) is 17.1 Å². The average molecular weight is 348 g/mol. The minimum atomic E-state index is -0.607. The number of nitrogens with two attached hydrogens (primary N) is 1. The van der Waals surface area contributed by atoms with Gasteiger partial charge in [0.05, 0.1) is 0 Å². The fourth-order valence-corrected chi connectivity index (χ4v) is 2.47. The van der Waals surface area contributed by atoms with Crippen LogP contribution in [0.5, 0.6) is 0 Å². The van der Waals surface area contributed by atoms with Gasteiger partial charge in [0.1, 0.15) is 11.6 Å². The topological polar surface area (TPSA) is 68.0 Å². The molecule has 0 fully saturated rings. The number of benzene rings is 1.